The molecule has 19 heavy (non-hydrogen) atoms. The number of benzene rings is 1. The Morgan fingerprint density at radius 1 is 1.37 bits per heavy atom. The van der Waals surface area contributed by atoms with Crippen LogP contribution in [-0.2, 0) is 12.1 Å². The standard InChI is InChI=1S/C13H17FN4O/c1-13(2,3)18-8-10(16-17-18)7-15-9-4-5-12(19)11(14)6-9/h4-6,8,15,19H,7H2,1-3H3. The third-order valence-corrected chi connectivity index (χ3v) is 2.65. The Kier molecular flexibility index (Phi) is 3.42. The maximum absolute atomic E-state index is 13.1. The first-order chi connectivity index (χ1) is 8.86. The second-order valence-electron chi connectivity index (χ2n) is 5.35. The summed E-state index contributed by atoms with van der Waals surface area (Å²) >= 11 is 0. The summed E-state index contributed by atoms with van der Waals surface area (Å²) in [7, 11) is 0. The van der Waals surface area contributed by atoms with Crippen molar-refractivity contribution >= 4 is 5.69 Å². The molecule has 1 aromatic carbocycles. The molecule has 0 aliphatic rings. The highest BCUT2D eigenvalue weighted by Crippen LogP contribution is 2.20. The molecular weight excluding hydrogens is 247 g/mol. The summed E-state index contributed by atoms with van der Waals surface area (Å²) in [6, 6.07) is 4.15. The molecule has 0 radical (unpaired) electrons. The van der Waals surface area contributed by atoms with Gasteiger partial charge in [0.15, 0.2) is 11.6 Å². The molecule has 1 heterocycles. The van der Waals surface area contributed by atoms with Crippen LogP contribution in [0.1, 0.15) is 26.5 Å². The van der Waals surface area contributed by atoms with Gasteiger partial charge in [-0.3, -0.25) is 0 Å². The van der Waals surface area contributed by atoms with E-state index in [4.69, 9.17) is 5.11 Å². The molecule has 2 N–H and O–H groups in total. The molecule has 0 saturated heterocycles. The molecule has 0 unspecified atom stereocenters. The number of hydrogen-bond donors (Lipinski definition) is 2. The molecule has 0 spiro atoms. The Morgan fingerprint density at radius 3 is 2.68 bits per heavy atom. The van der Waals surface area contributed by atoms with Gasteiger partial charge in [0.2, 0.25) is 0 Å². The lowest BCUT2D eigenvalue weighted by Gasteiger charge is -2.17. The molecule has 1 aromatic heterocycles. The normalized spacial score (nSPS) is 11.6. The number of aromatic hydroxyl groups is 1. The second-order valence-corrected chi connectivity index (χ2v) is 5.35. The molecule has 5 nitrogen and oxygen atoms in total. The number of hydrogen-bond acceptors (Lipinski definition) is 4. The van der Waals surface area contributed by atoms with E-state index < -0.39 is 5.82 Å². The first kappa shape index (κ1) is 13.3. The van der Waals surface area contributed by atoms with E-state index in [9.17, 15) is 4.39 Å². The van der Waals surface area contributed by atoms with Crippen LogP contribution in [0.15, 0.2) is 24.4 Å². The largest absolute Gasteiger partial charge is 0.505 e. The van der Waals surface area contributed by atoms with Gasteiger partial charge in [0.1, 0.15) is 5.69 Å². The average Bonchev–Trinajstić information content (AvgIpc) is 2.79. The van der Waals surface area contributed by atoms with Gasteiger partial charge in [0, 0.05) is 11.8 Å². The molecule has 0 aliphatic carbocycles. The zero-order valence-electron chi connectivity index (χ0n) is 11.2. The molecule has 0 amide bonds. The van der Waals surface area contributed by atoms with Crippen LogP contribution in [0.4, 0.5) is 10.1 Å². The first-order valence-electron chi connectivity index (χ1n) is 6.00. The van der Waals surface area contributed by atoms with E-state index in [-0.39, 0.29) is 11.3 Å². The van der Waals surface area contributed by atoms with Crippen molar-refractivity contribution in [2.75, 3.05) is 5.32 Å². The van der Waals surface area contributed by atoms with Crippen LogP contribution in [0.5, 0.6) is 5.75 Å². The smallest absolute Gasteiger partial charge is 0.166 e. The number of nitrogens with one attached hydrogen (secondary N) is 1. The molecule has 0 bridgehead atoms. The van der Waals surface area contributed by atoms with Gasteiger partial charge in [-0.05, 0) is 32.9 Å². The predicted octanol–water partition coefficient (Wildman–Crippen LogP) is 2.49. The molecule has 102 valence electrons. The summed E-state index contributed by atoms with van der Waals surface area (Å²) in [5, 5.41) is 20.2. The van der Waals surface area contributed by atoms with Crippen LogP contribution in [0.25, 0.3) is 0 Å². The highest BCUT2D eigenvalue weighted by atomic mass is 19.1. The van der Waals surface area contributed by atoms with Crippen LogP contribution < -0.4 is 5.32 Å². The fourth-order valence-corrected chi connectivity index (χ4v) is 1.52. The number of halogens is 1. The molecule has 6 heteroatoms. The number of rotatable bonds is 3. The lowest BCUT2D eigenvalue weighted by molar-refractivity contribution is 0.347. The summed E-state index contributed by atoms with van der Waals surface area (Å²) in [5.74, 6) is -1.01. The van der Waals surface area contributed by atoms with E-state index >= 15 is 0 Å². The summed E-state index contributed by atoms with van der Waals surface area (Å²) in [6.45, 7) is 6.55. The minimum atomic E-state index is -0.650. The number of phenols is 1. The van der Waals surface area contributed by atoms with Gasteiger partial charge < -0.3 is 10.4 Å². The molecule has 2 rings (SSSR count). The van der Waals surface area contributed by atoms with Crippen LogP contribution in [0.2, 0.25) is 0 Å². The number of aromatic nitrogens is 3. The van der Waals surface area contributed by atoms with Gasteiger partial charge in [-0.1, -0.05) is 5.21 Å². The minimum absolute atomic E-state index is 0.115. The zero-order chi connectivity index (χ0) is 14.0. The van der Waals surface area contributed by atoms with Gasteiger partial charge in [0.05, 0.1) is 18.3 Å². The van der Waals surface area contributed by atoms with Crippen LogP contribution in [0, 0.1) is 5.82 Å². The summed E-state index contributed by atoms with van der Waals surface area (Å²) < 4.78 is 14.9. The van der Waals surface area contributed by atoms with Crippen molar-refractivity contribution in [2.45, 2.75) is 32.9 Å². The highest BCUT2D eigenvalue weighted by Gasteiger charge is 2.14. The maximum atomic E-state index is 13.1. The fraction of sp³-hybridized carbons (Fsp3) is 0.385. The molecule has 0 aliphatic heterocycles. The molecule has 0 saturated carbocycles. The fourth-order valence-electron chi connectivity index (χ4n) is 1.52. The van der Waals surface area contributed by atoms with Crippen molar-refractivity contribution in [1.82, 2.24) is 15.0 Å². The summed E-state index contributed by atoms with van der Waals surface area (Å²) in [4.78, 5) is 0. The summed E-state index contributed by atoms with van der Waals surface area (Å²) in [6.07, 6.45) is 1.85. The second kappa shape index (κ2) is 4.87. The number of phenolic OH excluding ortho intramolecular Hbond substituents is 1. The maximum Gasteiger partial charge on any atom is 0.166 e. The van der Waals surface area contributed by atoms with E-state index in [0.29, 0.717) is 12.2 Å². The van der Waals surface area contributed by atoms with Gasteiger partial charge >= 0.3 is 0 Å². The van der Waals surface area contributed by atoms with Crippen molar-refractivity contribution in [3.8, 4) is 5.75 Å². The Hall–Kier alpha value is -2.11. The molecule has 0 atom stereocenters. The molecular formula is C13H17FN4O. The van der Waals surface area contributed by atoms with Crippen molar-refractivity contribution in [2.24, 2.45) is 0 Å². The van der Waals surface area contributed by atoms with Crippen LogP contribution >= 0.6 is 0 Å². The van der Waals surface area contributed by atoms with Gasteiger partial charge in [0.25, 0.3) is 0 Å². The highest BCUT2D eigenvalue weighted by molar-refractivity contribution is 5.46. The van der Waals surface area contributed by atoms with Gasteiger partial charge in [-0.15, -0.1) is 5.10 Å². The van der Waals surface area contributed by atoms with E-state index in [0.717, 1.165) is 5.69 Å². The van der Waals surface area contributed by atoms with Crippen molar-refractivity contribution in [3.05, 3.63) is 35.9 Å². The average molecular weight is 264 g/mol. The Bertz CT molecular complexity index is 574. The van der Waals surface area contributed by atoms with Gasteiger partial charge in [-0.2, -0.15) is 0 Å². The van der Waals surface area contributed by atoms with Crippen molar-refractivity contribution in [3.63, 3.8) is 0 Å². The number of nitrogens with zero attached hydrogens (tertiary/aromatic N) is 3. The van der Waals surface area contributed by atoms with E-state index in [1.54, 1.807) is 10.7 Å². The molecule has 2 aromatic rings. The predicted molar refractivity (Wildman–Crippen MR) is 70.4 cm³/mol. The Labute approximate surface area is 111 Å². The molecule has 0 fully saturated rings. The topological polar surface area (TPSA) is 63.0 Å². The lowest BCUT2D eigenvalue weighted by atomic mass is 10.1. The number of anilines is 1. The summed E-state index contributed by atoms with van der Waals surface area (Å²) in [5.41, 5.74) is 1.24. The van der Waals surface area contributed by atoms with Crippen molar-refractivity contribution in [1.29, 1.82) is 0 Å². The minimum Gasteiger partial charge on any atom is -0.505 e. The SMILES string of the molecule is CC(C)(C)n1cc(CNc2ccc(O)c(F)c2)nn1. The quantitative estimate of drug-likeness (QED) is 0.836. The van der Waals surface area contributed by atoms with E-state index in [1.807, 2.05) is 27.0 Å². The van der Waals surface area contributed by atoms with E-state index in [2.05, 4.69) is 15.6 Å². The first-order valence-corrected chi connectivity index (χ1v) is 6.00. The van der Waals surface area contributed by atoms with Crippen molar-refractivity contribution < 1.29 is 9.50 Å². The zero-order valence-corrected chi connectivity index (χ0v) is 11.2. The van der Waals surface area contributed by atoms with E-state index in [1.165, 1.54) is 12.1 Å². The Morgan fingerprint density at radius 2 is 2.11 bits per heavy atom. The van der Waals surface area contributed by atoms with Crippen LogP contribution in [-0.4, -0.2) is 20.1 Å². The van der Waals surface area contributed by atoms with Gasteiger partial charge in [-0.25, -0.2) is 9.07 Å². The van der Waals surface area contributed by atoms with Crippen LogP contribution in [0.3, 0.4) is 0 Å². The third-order valence-electron chi connectivity index (χ3n) is 2.65. The lowest BCUT2D eigenvalue weighted by Crippen LogP contribution is -2.22. The third kappa shape index (κ3) is 3.21. The Balaban J connectivity index is 2.02. The monoisotopic (exact) mass is 264 g/mol.